The predicted octanol–water partition coefficient (Wildman–Crippen LogP) is 3.08. The van der Waals surface area contributed by atoms with Gasteiger partial charge in [0.15, 0.2) is 0 Å². The van der Waals surface area contributed by atoms with Crippen LogP contribution in [0.2, 0.25) is 0 Å². The Balaban J connectivity index is 2.03. The van der Waals surface area contributed by atoms with E-state index in [1.165, 1.54) is 5.56 Å². The molecule has 1 atom stereocenters. The number of nitrogens with one attached hydrogen (secondary N) is 1. The number of amides is 2. The number of hydrogen-bond donors (Lipinski definition) is 1. The predicted molar refractivity (Wildman–Crippen MR) is 85.6 cm³/mol. The lowest BCUT2D eigenvalue weighted by Crippen LogP contribution is -2.41. The van der Waals surface area contributed by atoms with Crippen LogP contribution in [0.25, 0.3) is 21.8 Å². The fraction of sp³-hybridized carbons (Fsp3) is 0.222. The highest BCUT2D eigenvalue weighted by atomic mass is 16.2. The smallest absolute Gasteiger partial charge is 0.249 e. The Morgan fingerprint density at radius 2 is 1.82 bits per heavy atom. The van der Waals surface area contributed by atoms with Crippen LogP contribution in [0.4, 0.5) is 0 Å². The van der Waals surface area contributed by atoms with Crippen molar-refractivity contribution in [1.29, 1.82) is 0 Å². The highest BCUT2D eigenvalue weighted by Gasteiger charge is 2.30. The number of para-hydroxylation sites is 1. The van der Waals surface area contributed by atoms with Crippen molar-refractivity contribution in [2.75, 3.05) is 0 Å². The number of imide groups is 1. The zero-order chi connectivity index (χ0) is 15.3. The second-order valence-electron chi connectivity index (χ2n) is 5.87. The average molecular weight is 292 g/mol. The molecule has 3 aromatic rings. The highest BCUT2D eigenvalue weighted by Crippen LogP contribution is 2.34. The molecule has 0 aliphatic carbocycles. The molecule has 2 heterocycles. The third kappa shape index (κ3) is 1.84. The minimum absolute atomic E-state index is 0.183. The van der Waals surface area contributed by atoms with Gasteiger partial charge in [-0.2, -0.15) is 0 Å². The van der Waals surface area contributed by atoms with Crippen molar-refractivity contribution in [1.82, 2.24) is 9.88 Å². The van der Waals surface area contributed by atoms with Crippen molar-refractivity contribution in [3.05, 3.63) is 48.0 Å². The van der Waals surface area contributed by atoms with Gasteiger partial charge in [-0.3, -0.25) is 14.9 Å². The minimum Gasteiger partial charge on any atom is -0.328 e. The first-order valence-corrected chi connectivity index (χ1v) is 7.48. The molecular weight excluding hydrogens is 276 g/mol. The van der Waals surface area contributed by atoms with E-state index in [2.05, 4.69) is 41.1 Å². The SMILES string of the molecule is Cc1ccc2c(c1)c1ccccc1n2C1CCC(=O)NC1=O. The van der Waals surface area contributed by atoms with Gasteiger partial charge in [0.2, 0.25) is 11.8 Å². The van der Waals surface area contributed by atoms with Crippen LogP contribution in [0, 0.1) is 6.92 Å². The molecular formula is C18H16N2O2. The molecule has 110 valence electrons. The van der Waals surface area contributed by atoms with E-state index in [4.69, 9.17) is 0 Å². The van der Waals surface area contributed by atoms with Crippen molar-refractivity contribution < 1.29 is 9.59 Å². The summed E-state index contributed by atoms with van der Waals surface area (Å²) in [5.74, 6) is -0.391. The van der Waals surface area contributed by atoms with Crippen LogP contribution in [-0.4, -0.2) is 16.4 Å². The van der Waals surface area contributed by atoms with E-state index in [1.807, 2.05) is 18.2 Å². The van der Waals surface area contributed by atoms with Crippen LogP contribution in [0.3, 0.4) is 0 Å². The zero-order valence-corrected chi connectivity index (χ0v) is 12.3. The summed E-state index contributed by atoms with van der Waals surface area (Å²) in [4.78, 5) is 23.7. The van der Waals surface area contributed by atoms with Crippen LogP contribution in [0.5, 0.6) is 0 Å². The van der Waals surface area contributed by atoms with E-state index in [-0.39, 0.29) is 17.9 Å². The monoisotopic (exact) mass is 292 g/mol. The van der Waals surface area contributed by atoms with Gasteiger partial charge in [0, 0.05) is 28.2 Å². The molecule has 2 amide bonds. The average Bonchev–Trinajstić information content (AvgIpc) is 2.82. The summed E-state index contributed by atoms with van der Waals surface area (Å²) < 4.78 is 2.08. The number of carbonyl (C=O) groups excluding carboxylic acids is 2. The summed E-state index contributed by atoms with van der Waals surface area (Å²) in [6, 6.07) is 14.1. The quantitative estimate of drug-likeness (QED) is 0.701. The molecule has 1 aliphatic heterocycles. The fourth-order valence-corrected chi connectivity index (χ4v) is 3.38. The van der Waals surface area contributed by atoms with E-state index in [0.29, 0.717) is 12.8 Å². The lowest BCUT2D eigenvalue weighted by Gasteiger charge is -2.24. The van der Waals surface area contributed by atoms with Gasteiger partial charge in [0.05, 0.1) is 0 Å². The molecule has 1 aliphatic rings. The molecule has 22 heavy (non-hydrogen) atoms. The topological polar surface area (TPSA) is 51.1 Å². The Labute approximate surface area is 127 Å². The number of piperidine rings is 1. The van der Waals surface area contributed by atoms with Crippen molar-refractivity contribution in [2.45, 2.75) is 25.8 Å². The number of carbonyl (C=O) groups is 2. The van der Waals surface area contributed by atoms with E-state index in [0.717, 1.165) is 21.8 Å². The second-order valence-corrected chi connectivity index (χ2v) is 5.87. The van der Waals surface area contributed by atoms with Gasteiger partial charge in [-0.25, -0.2) is 0 Å². The summed E-state index contributed by atoms with van der Waals surface area (Å²) >= 11 is 0. The second kappa shape index (κ2) is 4.70. The molecule has 1 saturated heterocycles. The van der Waals surface area contributed by atoms with Crippen LogP contribution in [0.15, 0.2) is 42.5 Å². The molecule has 0 spiro atoms. The van der Waals surface area contributed by atoms with Crippen LogP contribution in [-0.2, 0) is 9.59 Å². The van der Waals surface area contributed by atoms with Gasteiger partial charge in [-0.15, -0.1) is 0 Å². The Bertz CT molecular complexity index is 923. The first kappa shape index (κ1) is 13.1. The van der Waals surface area contributed by atoms with Gasteiger partial charge >= 0.3 is 0 Å². The molecule has 1 aromatic heterocycles. The van der Waals surface area contributed by atoms with Gasteiger partial charge in [0.1, 0.15) is 6.04 Å². The molecule has 2 aromatic carbocycles. The van der Waals surface area contributed by atoms with Gasteiger partial charge in [-0.05, 0) is 31.5 Å². The van der Waals surface area contributed by atoms with E-state index in [9.17, 15) is 9.59 Å². The first-order valence-electron chi connectivity index (χ1n) is 7.48. The first-order chi connectivity index (χ1) is 10.6. The van der Waals surface area contributed by atoms with E-state index < -0.39 is 0 Å². The maximum atomic E-state index is 12.3. The third-order valence-corrected chi connectivity index (χ3v) is 4.39. The Hall–Kier alpha value is -2.62. The van der Waals surface area contributed by atoms with Gasteiger partial charge in [-0.1, -0.05) is 29.8 Å². The highest BCUT2D eigenvalue weighted by molar-refractivity contribution is 6.10. The maximum Gasteiger partial charge on any atom is 0.249 e. The molecule has 1 fully saturated rings. The number of fused-ring (bicyclic) bond motifs is 3. The minimum atomic E-state index is -0.331. The molecule has 0 saturated carbocycles. The number of aromatic nitrogens is 1. The molecule has 4 rings (SSSR count). The summed E-state index contributed by atoms with van der Waals surface area (Å²) in [7, 11) is 0. The molecule has 4 heteroatoms. The van der Waals surface area contributed by atoms with Gasteiger partial charge < -0.3 is 4.57 Å². The van der Waals surface area contributed by atoms with Gasteiger partial charge in [0.25, 0.3) is 0 Å². The van der Waals surface area contributed by atoms with E-state index >= 15 is 0 Å². The summed E-state index contributed by atoms with van der Waals surface area (Å²) in [6.07, 6.45) is 0.933. The number of hydrogen-bond acceptors (Lipinski definition) is 2. The van der Waals surface area contributed by atoms with Crippen molar-refractivity contribution in [2.24, 2.45) is 0 Å². The van der Waals surface area contributed by atoms with Crippen LogP contribution >= 0.6 is 0 Å². The molecule has 4 nitrogen and oxygen atoms in total. The number of benzene rings is 2. The number of nitrogens with zero attached hydrogens (tertiary/aromatic N) is 1. The molecule has 1 unspecified atom stereocenters. The number of rotatable bonds is 1. The van der Waals surface area contributed by atoms with Crippen LogP contribution < -0.4 is 5.32 Å². The summed E-state index contributed by atoms with van der Waals surface area (Å²) in [5, 5.41) is 4.76. The van der Waals surface area contributed by atoms with Crippen molar-refractivity contribution in [3.8, 4) is 0 Å². The normalized spacial score (nSPS) is 18.9. The lowest BCUT2D eigenvalue weighted by molar-refractivity contribution is -0.135. The van der Waals surface area contributed by atoms with Crippen LogP contribution in [0.1, 0.15) is 24.4 Å². The maximum absolute atomic E-state index is 12.3. The Morgan fingerprint density at radius 3 is 2.64 bits per heavy atom. The molecule has 1 N–H and O–H groups in total. The van der Waals surface area contributed by atoms with E-state index in [1.54, 1.807) is 0 Å². The van der Waals surface area contributed by atoms with Crippen molar-refractivity contribution in [3.63, 3.8) is 0 Å². The summed E-state index contributed by atoms with van der Waals surface area (Å²) in [5.41, 5.74) is 3.28. The fourth-order valence-electron chi connectivity index (χ4n) is 3.38. The molecule has 0 bridgehead atoms. The standard InChI is InChI=1S/C18H16N2O2/c1-11-6-7-15-13(10-11)12-4-2-3-5-14(12)20(15)16-8-9-17(21)19-18(16)22/h2-7,10,16H,8-9H2,1H3,(H,19,21,22). The Morgan fingerprint density at radius 1 is 1.05 bits per heavy atom. The largest absolute Gasteiger partial charge is 0.328 e. The third-order valence-electron chi connectivity index (χ3n) is 4.39. The lowest BCUT2D eigenvalue weighted by atomic mass is 10.1. The number of aryl methyl sites for hydroxylation is 1. The Kier molecular flexibility index (Phi) is 2.79. The van der Waals surface area contributed by atoms with Crippen molar-refractivity contribution >= 4 is 33.6 Å². The zero-order valence-electron chi connectivity index (χ0n) is 12.3. The summed E-state index contributed by atoms with van der Waals surface area (Å²) in [6.45, 7) is 2.07. The molecule has 0 radical (unpaired) electrons.